The average molecular weight is 374 g/mol. The minimum Gasteiger partial charge on any atom is -0.507 e. The Morgan fingerprint density at radius 1 is 0.778 bits per heavy atom. The number of fused-ring (bicyclic) bond motifs is 1. The lowest BCUT2D eigenvalue weighted by molar-refractivity contribution is 0.324. The molecule has 0 saturated heterocycles. The van der Waals surface area contributed by atoms with E-state index in [1.54, 1.807) is 12.1 Å². The number of hydrogen-bond acceptors (Lipinski definition) is 8. The van der Waals surface area contributed by atoms with Gasteiger partial charge in [-0.15, -0.1) is 0 Å². The molecule has 2 N–H and O–H groups in total. The number of benzene rings is 2. The number of aromatic hydroxyl groups is 2. The maximum absolute atomic E-state index is 12.6. The van der Waals surface area contributed by atoms with Crippen molar-refractivity contribution in [3.8, 4) is 45.8 Å². The third kappa shape index (κ3) is 2.95. The summed E-state index contributed by atoms with van der Waals surface area (Å²) in [5.41, 5.74) is -0.115. The van der Waals surface area contributed by atoms with Gasteiger partial charge in [-0.2, -0.15) is 0 Å². The van der Waals surface area contributed by atoms with E-state index >= 15 is 0 Å². The molecule has 0 radical (unpaired) electrons. The molecule has 2 aromatic carbocycles. The predicted octanol–water partition coefficient (Wildman–Crippen LogP) is 2.91. The zero-order valence-electron chi connectivity index (χ0n) is 15.2. The molecule has 8 nitrogen and oxygen atoms in total. The Balaban J connectivity index is 2.35. The fraction of sp³-hybridized carbons (Fsp3) is 0.211. The van der Waals surface area contributed by atoms with Gasteiger partial charge in [-0.05, 0) is 12.1 Å². The summed E-state index contributed by atoms with van der Waals surface area (Å²) in [5.74, 6) is 0.478. The lowest BCUT2D eigenvalue weighted by Gasteiger charge is -2.14. The molecule has 142 valence electrons. The maximum atomic E-state index is 12.6. The molecule has 27 heavy (non-hydrogen) atoms. The average Bonchev–Trinajstić information content (AvgIpc) is 2.66. The lowest BCUT2D eigenvalue weighted by atomic mass is 10.1. The van der Waals surface area contributed by atoms with Crippen LogP contribution in [0.2, 0.25) is 0 Å². The van der Waals surface area contributed by atoms with E-state index in [1.807, 2.05) is 0 Å². The highest BCUT2D eigenvalue weighted by atomic mass is 16.5. The van der Waals surface area contributed by atoms with Crippen LogP contribution in [0.5, 0.6) is 34.5 Å². The van der Waals surface area contributed by atoms with Gasteiger partial charge in [-0.25, -0.2) is 0 Å². The van der Waals surface area contributed by atoms with E-state index in [-0.39, 0.29) is 28.2 Å². The number of methoxy groups -OCH3 is 4. The predicted molar refractivity (Wildman–Crippen MR) is 97.5 cm³/mol. The first-order valence-corrected chi connectivity index (χ1v) is 7.82. The van der Waals surface area contributed by atoms with Gasteiger partial charge in [-0.1, -0.05) is 0 Å². The lowest BCUT2D eigenvalue weighted by Crippen LogP contribution is -2.03. The van der Waals surface area contributed by atoms with Gasteiger partial charge in [0.25, 0.3) is 0 Å². The normalized spacial score (nSPS) is 10.7. The number of phenolic OH excluding ortho intramolecular Hbond substituents is 2. The van der Waals surface area contributed by atoms with E-state index in [2.05, 4.69) is 0 Å². The second-order valence-electron chi connectivity index (χ2n) is 5.54. The molecule has 0 aliphatic rings. The van der Waals surface area contributed by atoms with Crippen LogP contribution in [0.4, 0.5) is 0 Å². The molecule has 0 unspecified atom stereocenters. The number of phenols is 2. The van der Waals surface area contributed by atoms with Gasteiger partial charge in [0.2, 0.25) is 11.5 Å². The Hall–Kier alpha value is -3.55. The van der Waals surface area contributed by atoms with E-state index < -0.39 is 11.2 Å². The van der Waals surface area contributed by atoms with Crippen molar-refractivity contribution in [1.82, 2.24) is 0 Å². The standard InChI is InChI=1S/C19H18O8/c1-23-14-5-9(6-15(24-2)18(14)26-4)13-8-11(21)16-10(20)7-12(22)17(25-3)19(16)27-13/h5-8,20,22H,1-4H3. The molecule has 0 saturated carbocycles. The monoisotopic (exact) mass is 374 g/mol. The van der Waals surface area contributed by atoms with Crippen LogP contribution in [0.3, 0.4) is 0 Å². The van der Waals surface area contributed by atoms with Crippen LogP contribution in [-0.2, 0) is 0 Å². The minimum absolute atomic E-state index is 0.0609. The topological polar surface area (TPSA) is 108 Å². The Morgan fingerprint density at radius 2 is 1.37 bits per heavy atom. The highest BCUT2D eigenvalue weighted by Crippen LogP contribution is 2.43. The smallest absolute Gasteiger partial charge is 0.204 e. The fourth-order valence-electron chi connectivity index (χ4n) is 2.84. The van der Waals surface area contributed by atoms with Crippen molar-refractivity contribution in [2.24, 2.45) is 0 Å². The van der Waals surface area contributed by atoms with Crippen LogP contribution in [0.15, 0.2) is 33.5 Å². The molecule has 1 aromatic heterocycles. The van der Waals surface area contributed by atoms with Crippen molar-refractivity contribution in [1.29, 1.82) is 0 Å². The zero-order valence-corrected chi connectivity index (χ0v) is 15.2. The minimum atomic E-state index is -0.504. The van der Waals surface area contributed by atoms with Gasteiger partial charge in [0.15, 0.2) is 28.3 Å². The third-order valence-corrected chi connectivity index (χ3v) is 4.07. The van der Waals surface area contributed by atoms with Crippen LogP contribution in [-0.4, -0.2) is 38.7 Å². The van der Waals surface area contributed by atoms with Crippen molar-refractivity contribution in [2.75, 3.05) is 28.4 Å². The molecule has 0 aliphatic heterocycles. The van der Waals surface area contributed by atoms with Gasteiger partial charge >= 0.3 is 0 Å². The zero-order chi connectivity index (χ0) is 19.7. The van der Waals surface area contributed by atoms with E-state index in [4.69, 9.17) is 23.4 Å². The largest absolute Gasteiger partial charge is 0.507 e. The molecule has 8 heteroatoms. The Morgan fingerprint density at radius 3 is 1.89 bits per heavy atom. The first-order valence-electron chi connectivity index (χ1n) is 7.82. The summed E-state index contributed by atoms with van der Waals surface area (Å²) in [6, 6.07) is 5.47. The summed E-state index contributed by atoms with van der Waals surface area (Å²) >= 11 is 0. The summed E-state index contributed by atoms with van der Waals surface area (Å²) in [5, 5.41) is 19.9. The van der Waals surface area contributed by atoms with E-state index in [9.17, 15) is 15.0 Å². The van der Waals surface area contributed by atoms with E-state index in [1.165, 1.54) is 34.5 Å². The van der Waals surface area contributed by atoms with Gasteiger partial charge in [0.1, 0.15) is 16.9 Å². The summed E-state index contributed by atoms with van der Waals surface area (Å²) in [4.78, 5) is 12.6. The van der Waals surface area contributed by atoms with Crippen molar-refractivity contribution in [3.05, 3.63) is 34.5 Å². The summed E-state index contributed by atoms with van der Waals surface area (Å²) in [6.45, 7) is 0. The fourth-order valence-corrected chi connectivity index (χ4v) is 2.84. The molecule has 3 aromatic rings. The molecule has 0 atom stereocenters. The van der Waals surface area contributed by atoms with E-state index in [0.29, 0.717) is 22.8 Å². The van der Waals surface area contributed by atoms with Crippen molar-refractivity contribution in [2.45, 2.75) is 0 Å². The van der Waals surface area contributed by atoms with Crippen LogP contribution in [0.25, 0.3) is 22.3 Å². The SMILES string of the molecule is COc1cc(-c2cc(=O)c3c(O)cc(O)c(OC)c3o2)cc(OC)c1OC. The molecule has 0 amide bonds. The van der Waals surface area contributed by atoms with Crippen LogP contribution in [0, 0.1) is 0 Å². The van der Waals surface area contributed by atoms with Crippen LogP contribution >= 0.6 is 0 Å². The molecule has 0 spiro atoms. The Kier molecular flexibility index (Phi) is 4.72. The van der Waals surface area contributed by atoms with Crippen molar-refractivity contribution >= 4 is 11.0 Å². The number of rotatable bonds is 5. The van der Waals surface area contributed by atoms with Crippen molar-refractivity contribution < 1.29 is 33.6 Å². The molecular formula is C19H18O8. The highest BCUT2D eigenvalue weighted by molar-refractivity contribution is 5.91. The first kappa shape index (κ1) is 18.2. The van der Waals surface area contributed by atoms with Gasteiger partial charge in [-0.3, -0.25) is 4.79 Å². The molecule has 0 aliphatic carbocycles. The molecular weight excluding hydrogens is 356 g/mol. The second-order valence-corrected chi connectivity index (χ2v) is 5.54. The van der Waals surface area contributed by atoms with Crippen LogP contribution in [0.1, 0.15) is 0 Å². The number of hydrogen-bond donors (Lipinski definition) is 2. The molecule has 1 heterocycles. The first-order chi connectivity index (χ1) is 12.9. The number of ether oxygens (including phenoxy) is 4. The van der Waals surface area contributed by atoms with Crippen LogP contribution < -0.4 is 24.4 Å². The summed E-state index contributed by atoms with van der Waals surface area (Å²) in [7, 11) is 5.73. The quantitative estimate of drug-likeness (QED) is 0.702. The van der Waals surface area contributed by atoms with Gasteiger partial charge in [0, 0.05) is 17.7 Å². The third-order valence-electron chi connectivity index (χ3n) is 4.07. The summed E-state index contributed by atoms with van der Waals surface area (Å²) < 4.78 is 26.8. The van der Waals surface area contributed by atoms with E-state index in [0.717, 1.165) is 6.07 Å². The second kappa shape index (κ2) is 6.99. The Bertz CT molecular complexity index is 1040. The van der Waals surface area contributed by atoms with Gasteiger partial charge in [0.05, 0.1) is 28.4 Å². The highest BCUT2D eigenvalue weighted by Gasteiger charge is 2.21. The Labute approximate surface area is 154 Å². The maximum Gasteiger partial charge on any atom is 0.204 e. The summed E-state index contributed by atoms with van der Waals surface area (Å²) in [6.07, 6.45) is 0. The van der Waals surface area contributed by atoms with Gasteiger partial charge < -0.3 is 33.6 Å². The van der Waals surface area contributed by atoms with Crippen molar-refractivity contribution in [3.63, 3.8) is 0 Å². The molecule has 0 fully saturated rings. The molecule has 3 rings (SSSR count). The molecule has 0 bridgehead atoms.